The fourth-order valence-corrected chi connectivity index (χ4v) is 3.06. The van der Waals surface area contributed by atoms with Gasteiger partial charge in [0.05, 0.1) is 4.47 Å². The van der Waals surface area contributed by atoms with E-state index >= 15 is 0 Å². The standard InChI is InChI=1S/C15H21BrFN/c1-2-18-13(9-11-5-3-6-11)10-12-7-4-8-14(17)15(12)16/h4,7-8,11,13,18H,2-3,5-6,9-10H2,1H3. The lowest BCUT2D eigenvalue weighted by Crippen LogP contribution is -2.34. The van der Waals surface area contributed by atoms with Crippen LogP contribution in [0.1, 0.15) is 38.2 Å². The Labute approximate surface area is 117 Å². The second-order valence-corrected chi connectivity index (χ2v) is 6.00. The number of hydrogen-bond donors (Lipinski definition) is 1. The van der Waals surface area contributed by atoms with Crippen LogP contribution in [0.2, 0.25) is 0 Å². The molecular formula is C15H21BrFN. The number of likely N-dealkylation sites (N-methyl/N-ethyl adjacent to an activating group) is 1. The van der Waals surface area contributed by atoms with E-state index in [1.807, 2.05) is 6.07 Å². The number of nitrogens with one attached hydrogen (secondary N) is 1. The zero-order valence-electron chi connectivity index (χ0n) is 10.9. The first-order valence-corrected chi connectivity index (χ1v) is 7.66. The summed E-state index contributed by atoms with van der Waals surface area (Å²) in [5, 5.41) is 3.53. The Kier molecular flexibility index (Phi) is 5.19. The highest BCUT2D eigenvalue weighted by atomic mass is 79.9. The minimum atomic E-state index is -0.161. The average molecular weight is 314 g/mol. The minimum Gasteiger partial charge on any atom is -0.314 e. The maximum absolute atomic E-state index is 13.5. The summed E-state index contributed by atoms with van der Waals surface area (Å²) >= 11 is 3.35. The monoisotopic (exact) mass is 313 g/mol. The third-order valence-electron chi connectivity index (χ3n) is 3.83. The third kappa shape index (κ3) is 3.55. The Balaban J connectivity index is 2.00. The van der Waals surface area contributed by atoms with Crippen molar-refractivity contribution in [1.29, 1.82) is 0 Å². The molecule has 1 N–H and O–H groups in total. The van der Waals surface area contributed by atoms with Gasteiger partial charge in [-0.15, -0.1) is 0 Å². The van der Waals surface area contributed by atoms with Gasteiger partial charge in [-0.1, -0.05) is 38.3 Å². The fourth-order valence-electron chi connectivity index (χ4n) is 2.63. The molecule has 1 aromatic carbocycles. The summed E-state index contributed by atoms with van der Waals surface area (Å²) in [6, 6.07) is 5.78. The summed E-state index contributed by atoms with van der Waals surface area (Å²) in [5.74, 6) is 0.716. The summed E-state index contributed by atoms with van der Waals surface area (Å²) in [6.45, 7) is 3.11. The Bertz CT molecular complexity index is 390. The van der Waals surface area contributed by atoms with Gasteiger partial charge in [-0.2, -0.15) is 0 Å². The van der Waals surface area contributed by atoms with Gasteiger partial charge in [0, 0.05) is 6.04 Å². The van der Waals surface area contributed by atoms with E-state index in [4.69, 9.17) is 0 Å². The van der Waals surface area contributed by atoms with Gasteiger partial charge in [-0.3, -0.25) is 0 Å². The van der Waals surface area contributed by atoms with Crippen LogP contribution in [-0.4, -0.2) is 12.6 Å². The van der Waals surface area contributed by atoms with Crippen LogP contribution in [0.5, 0.6) is 0 Å². The minimum absolute atomic E-state index is 0.161. The lowest BCUT2D eigenvalue weighted by molar-refractivity contribution is 0.260. The topological polar surface area (TPSA) is 12.0 Å². The van der Waals surface area contributed by atoms with Gasteiger partial charge in [0.25, 0.3) is 0 Å². The molecule has 0 amide bonds. The van der Waals surface area contributed by atoms with E-state index in [1.54, 1.807) is 6.07 Å². The van der Waals surface area contributed by atoms with Crippen molar-refractivity contribution >= 4 is 15.9 Å². The Hall–Kier alpha value is -0.410. The Morgan fingerprint density at radius 1 is 1.44 bits per heavy atom. The second-order valence-electron chi connectivity index (χ2n) is 5.20. The first-order chi connectivity index (χ1) is 8.70. The third-order valence-corrected chi connectivity index (χ3v) is 4.72. The maximum atomic E-state index is 13.5. The van der Waals surface area contributed by atoms with Crippen LogP contribution in [0.3, 0.4) is 0 Å². The molecule has 1 nitrogen and oxygen atoms in total. The first kappa shape index (κ1) is 14.0. The van der Waals surface area contributed by atoms with Crippen molar-refractivity contribution in [2.24, 2.45) is 5.92 Å². The molecule has 1 aliphatic rings. The van der Waals surface area contributed by atoms with Gasteiger partial charge in [0.15, 0.2) is 0 Å². The summed E-state index contributed by atoms with van der Waals surface area (Å²) in [5.41, 5.74) is 1.07. The van der Waals surface area contributed by atoms with Gasteiger partial charge in [-0.05, 0) is 52.9 Å². The average Bonchev–Trinajstić information content (AvgIpc) is 2.30. The molecule has 0 radical (unpaired) electrons. The first-order valence-electron chi connectivity index (χ1n) is 6.87. The molecule has 1 saturated carbocycles. The van der Waals surface area contributed by atoms with E-state index in [9.17, 15) is 4.39 Å². The molecule has 1 atom stereocenters. The quantitative estimate of drug-likeness (QED) is 0.825. The molecule has 100 valence electrons. The predicted octanol–water partition coefficient (Wildman–Crippen LogP) is 4.30. The van der Waals surface area contributed by atoms with Crippen LogP contribution in [0.15, 0.2) is 22.7 Å². The zero-order valence-corrected chi connectivity index (χ0v) is 12.5. The number of halogens is 2. The number of benzene rings is 1. The van der Waals surface area contributed by atoms with Crippen molar-refractivity contribution in [1.82, 2.24) is 5.32 Å². The summed E-state index contributed by atoms with van der Waals surface area (Å²) in [4.78, 5) is 0. The molecule has 1 aromatic rings. The lowest BCUT2D eigenvalue weighted by Gasteiger charge is -2.30. The SMILES string of the molecule is CCNC(Cc1cccc(F)c1Br)CC1CCC1. The molecule has 1 aliphatic carbocycles. The number of hydrogen-bond acceptors (Lipinski definition) is 1. The maximum Gasteiger partial charge on any atom is 0.137 e. The van der Waals surface area contributed by atoms with Crippen molar-refractivity contribution in [2.45, 2.75) is 45.1 Å². The predicted molar refractivity (Wildman–Crippen MR) is 77.2 cm³/mol. The van der Waals surface area contributed by atoms with Crippen LogP contribution in [0.25, 0.3) is 0 Å². The van der Waals surface area contributed by atoms with Crippen LogP contribution in [0, 0.1) is 11.7 Å². The highest BCUT2D eigenvalue weighted by Crippen LogP contribution is 2.32. The molecule has 1 fully saturated rings. The van der Waals surface area contributed by atoms with Crippen molar-refractivity contribution in [3.05, 3.63) is 34.1 Å². The van der Waals surface area contributed by atoms with E-state index in [0.717, 1.165) is 24.4 Å². The molecule has 0 bridgehead atoms. The second kappa shape index (κ2) is 6.67. The summed E-state index contributed by atoms with van der Waals surface area (Å²) in [6.07, 6.45) is 6.24. The van der Waals surface area contributed by atoms with Crippen molar-refractivity contribution in [3.63, 3.8) is 0 Å². The van der Waals surface area contributed by atoms with Gasteiger partial charge < -0.3 is 5.32 Å². The normalized spacial score (nSPS) is 17.5. The molecule has 18 heavy (non-hydrogen) atoms. The molecule has 0 saturated heterocycles. The zero-order chi connectivity index (χ0) is 13.0. The van der Waals surface area contributed by atoms with Crippen LogP contribution >= 0.6 is 15.9 Å². The molecule has 1 unspecified atom stereocenters. The molecular weight excluding hydrogens is 293 g/mol. The van der Waals surface area contributed by atoms with E-state index in [0.29, 0.717) is 10.5 Å². The summed E-state index contributed by atoms with van der Waals surface area (Å²) < 4.78 is 14.1. The Morgan fingerprint density at radius 2 is 2.22 bits per heavy atom. The van der Waals surface area contributed by atoms with Gasteiger partial charge >= 0.3 is 0 Å². The van der Waals surface area contributed by atoms with Crippen LogP contribution in [-0.2, 0) is 6.42 Å². The van der Waals surface area contributed by atoms with Gasteiger partial charge in [0.1, 0.15) is 5.82 Å². The number of rotatable bonds is 6. The fraction of sp³-hybridized carbons (Fsp3) is 0.600. The summed E-state index contributed by atoms with van der Waals surface area (Å²) in [7, 11) is 0. The van der Waals surface area contributed by atoms with E-state index in [2.05, 4.69) is 28.2 Å². The largest absolute Gasteiger partial charge is 0.314 e. The molecule has 0 aliphatic heterocycles. The highest BCUT2D eigenvalue weighted by molar-refractivity contribution is 9.10. The van der Waals surface area contributed by atoms with Crippen molar-refractivity contribution < 1.29 is 4.39 Å². The molecule has 2 rings (SSSR count). The van der Waals surface area contributed by atoms with Crippen molar-refractivity contribution in [2.75, 3.05) is 6.54 Å². The van der Waals surface area contributed by atoms with E-state index < -0.39 is 0 Å². The lowest BCUT2D eigenvalue weighted by atomic mass is 9.80. The van der Waals surface area contributed by atoms with Crippen molar-refractivity contribution in [3.8, 4) is 0 Å². The van der Waals surface area contributed by atoms with Gasteiger partial charge in [-0.25, -0.2) is 4.39 Å². The smallest absolute Gasteiger partial charge is 0.137 e. The molecule has 0 spiro atoms. The molecule has 0 aromatic heterocycles. The van der Waals surface area contributed by atoms with E-state index in [-0.39, 0.29) is 5.82 Å². The molecule has 3 heteroatoms. The molecule has 0 heterocycles. The Morgan fingerprint density at radius 3 is 2.83 bits per heavy atom. The van der Waals surface area contributed by atoms with Crippen LogP contribution < -0.4 is 5.32 Å². The van der Waals surface area contributed by atoms with E-state index in [1.165, 1.54) is 31.7 Å². The highest BCUT2D eigenvalue weighted by Gasteiger charge is 2.22. The van der Waals surface area contributed by atoms with Gasteiger partial charge in [0.2, 0.25) is 0 Å². The van der Waals surface area contributed by atoms with Crippen LogP contribution in [0.4, 0.5) is 4.39 Å².